The molecule has 0 aromatic carbocycles. The highest BCUT2D eigenvalue weighted by Gasteiger charge is 2.38. The summed E-state index contributed by atoms with van der Waals surface area (Å²) in [5.41, 5.74) is 6.59. The summed E-state index contributed by atoms with van der Waals surface area (Å²) in [6.07, 6.45) is 9.57. The molecule has 2 saturated carbocycles. The third-order valence-corrected chi connectivity index (χ3v) is 5.61. The second-order valence-corrected chi connectivity index (χ2v) is 8.07. The predicted molar refractivity (Wildman–Crippen MR) is 87.7 cm³/mol. The predicted octanol–water partition coefficient (Wildman–Crippen LogP) is 4.04. The highest BCUT2D eigenvalue weighted by atomic mass is 15.2. The summed E-state index contributed by atoms with van der Waals surface area (Å²) in [5, 5.41) is 0. The van der Waals surface area contributed by atoms with Crippen molar-refractivity contribution in [3.8, 4) is 0 Å². The molecule has 0 bridgehead atoms. The van der Waals surface area contributed by atoms with Crippen molar-refractivity contribution in [1.82, 2.24) is 4.90 Å². The molecular formula is C18H36N2. The van der Waals surface area contributed by atoms with Crippen molar-refractivity contribution in [2.45, 2.75) is 90.8 Å². The van der Waals surface area contributed by atoms with Crippen LogP contribution in [0.4, 0.5) is 0 Å². The molecule has 0 aromatic heterocycles. The van der Waals surface area contributed by atoms with E-state index in [1.165, 1.54) is 51.5 Å². The molecule has 2 aliphatic carbocycles. The molecule has 2 fully saturated rings. The highest BCUT2D eigenvalue weighted by Crippen LogP contribution is 2.35. The molecule has 2 aliphatic rings. The number of nitrogens with zero attached hydrogens (tertiary/aromatic N) is 1. The second kappa shape index (κ2) is 7.26. The Bertz CT molecular complexity index is 271. The number of rotatable bonds is 5. The zero-order valence-electron chi connectivity index (χ0n) is 14.1. The first-order valence-electron chi connectivity index (χ1n) is 9.00. The Morgan fingerprint density at radius 1 is 1.10 bits per heavy atom. The van der Waals surface area contributed by atoms with Gasteiger partial charge in [0.25, 0.3) is 0 Å². The van der Waals surface area contributed by atoms with Crippen molar-refractivity contribution < 1.29 is 0 Å². The first-order chi connectivity index (χ1) is 9.49. The van der Waals surface area contributed by atoms with E-state index in [4.69, 9.17) is 5.73 Å². The molecule has 0 radical (unpaired) electrons. The van der Waals surface area contributed by atoms with Gasteiger partial charge in [-0.15, -0.1) is 0 Å². The van der Waals surface area contributed by atoms with Gasteiger partial charge in [0.15, 0.2) is 0 Å². The fourth-order valence-corrected chi connectivity index (χ4v) is 4.69. The number of hydrogen-bond acceptors (Lipinski definition) is 2. The topological polar surface area (TPSA) is 29.3 Å². The van der Waals surface area contributed by atoms with Crippen LogP contribution in [-0.2, 0) is 0 Å². The van der Waals surface area contributed by atoms with Crippen molar-refractivity contribution in [2.24, 2.45) is 23.5 Å². The Morgan fingerprint density at radius 3 is 2.30 bits per heavy atom. The van der Waals surface area contributed by atoms with E-state index in [1.54, 1.807) is 0 Å². The van der Waals surface area contributed by atoms with E-state index in [9.17, 15) is 0 Å². The normalized spacial score (nSPS) is 36.1. The van der Waals surface area contributed by atoms with Crippen LogP contribution in [0.3, 0.4) is 0 Å². The largest absolute Gasteiger partial charge is 0.326 e. The first-order valence-corrected chi connectivity index (χ1v) is 9.00. The summed E-state index contributed by atoms with van der Waals surface area (Å²) in [7, 11) is 0. The smallest absolute Gasteiger partial charge is 0.0275 e. The van der Waals surface area contributed by atoms with E-state index in [0.717, 1.165) is 23.8 Å². The molecule has 0 spiro atoms. The van der Waals surface area contributed by atoms with E-state index in [2.05, 4.69) is 32.6 Å². The minimum absolute atomic E-state index is 0.390. The van der Waals surface area contributed by atoms with E-state index in [0.29, 0.717) is 12.1 Å². The van der Waals surface area contributed by atoms with Crippen molar-refractivity contribution in [3.05, 3.63) is 0 Å². The summed E-state index contributed by atoms with van der Waals surface area (Å²) in [6, 6.07) is 1.84. The van der Waals surface area contributed by atoms with Gasteiger partial charge in [0.2, 0.25) is 0 Å². The van der Waals surface area contributed by atoms with Crippen LogP contribution in [0.15, 0.2) is 0 Å². The average molecular weight is 280 g/mol. The minimum atomic E-state index is 0.390. The molecule has 2 nitrogen and oxygen atoms in total. The molecule has 0 amide bonds. The van der Waals surface area contributed by atoms with Crippen molar-refractivity contribution >= 4 is 0 Å². The van der Waals surface area contributed by atoms with Gasteiger partial charge < -0.3 is 5.73 Å². The molecule has 0 aromatic rings. The van der Waals surface area contributed by atoms with Gasteiger partial charge in [0.05, 0.1) is 0 Å². The van der Waals surface area contributed by atoms with Gasteiger partial charge in [0, 0.05) is 18.1 Å². The van der Waals surface area contributed by atoms with Crippen molar-refractivity contribution in [1.29, 1.82) is 0 Å². The van der Waals surface area contributed by atoms with Crippen LogP contribution in [0.2, 0.25) is 0 Å². The van der Waals surface area contributed by atoms with Crippen LogP contribution in [0, 0.1) is 17.8 Å². The molecule has 2 rings (SSSR count). The van der Waals surface area contributed by atoms with Gasteiger partial charge >= 0.3 is 0 Å². The van der Waals surface area contributed by atoms with E-state index in [1.807, 2.05) is 0 Å². The maximum absolute atomic E-state index is 6.59. The number of hydrogen-bond donors (Lipinski definition) is 1. The first kappa shape index (κ1) is 16.3. The maximum atomic E-state index is 6.59. The van der Waals surface area contributed by atoms with Crippen LogP contribution in [0.1, 0.15) is 72.6 Å². The molecule has 0 saturated heterocycles. The summed E-state index contributed by atoms with van der Waals surface area (Å²) >= 11 is 0. The third-order valence-electron chi connectivity index (χ3n) is 5.61. The maximum Gasteiger partial charge on any atom is 0.0275 e. The standard InChI is InChI=1S/C18H36N2/c1-13(2)9-10-20(16-7-5-6-8-16)18-15(4)11-14(3)12-17(18)19/h13-18H,5-12,19H2,1-4H3. The SMILES string of the molecule is CC(C)CCN(C1CCCC1)C1C(C)CC(C)CC1N. The summed E-state index contributed by atoms with van der Waals surface area (Å²) in [6.45, 7) is 10.8. The van der Waals surface area contributed by atoms with Crippen molar-refractivity contribution in [2.75, 3.05) is 6.54 Å². The Balaban J connectivity index is 2.07. The molecule has 4 unspecified atom stereocenters. The number of nitrogens with two attached hydrogens (primary N) is 1. The minimum Gasteiger partial charge on any atom is -0.326 e. The Hall–Kier alpha value is -0.0800. The Morgan fingerprint density at radius 2 is 1.75 bits per heavy atom. The monoisotopic (exact) mass is 280 g/mol. The van der Waals surface area contributed by atoms with E-state index in [-0.39, 0.29) is 0 Å². The summed E-state index contributed by atoms with van der Waals surface area (Å²) < 4.78 is 0. The Kier molecular flexibility index (Phi) is 5.92. The molecule has 0 aliphatic heterocycles. The van der Waals surface area contributed by atoms with Gasteiger partial charge in [0.1, 0.15) is 0 Å². The van der Waals surface area contributed by atoms with Gasteiger partial charge in [-0.2, -0.15) is 0 Å². The zero-order chi connectivity index (χ0) is 14.7. The van der Waals surface area contributed by atoms with Gasteiger partial charge in [-0.25, -0.2) is 0 Å². The lowest BCUT2D eigenvalue weighted by molar-refractivity contribution is 0.0391. The van der Waals surface area contributed by atoms with E-state index < -0.39 is 0 Å². The van der Waals surface area contributed by atoms with Gasteiger partial charge in [-0.1, -0.05) is 40.5 Å². The lowest BCUT2D eigenvalue weighted by Crippen LogP contribution is -2.57. The average Bonchev–Trinajstić information content (AvgIpc) is 2.85. The molecular weight excluding hydrogens is 244 g/mol. The van der Waals surface area contributed by atoms with Crippen LogP contribution in [-0.4, -0.2) is 29.6 Å². The van der Waals surface area contributed by atoms with Crippen LogP contribution >= 0.6 is 0 Å². The zero-order valence-corrected chi connectivity index (χ0v) is 14.1. The molecule has 0 heterocycles. The van der Waals surface area contributed by atoms with Gasteiger partial charge in [-0.3, -0.25) is 4.90 Å². The van der Waals surface area contributed by atoms with Crippen LogP contribution in [0.5, 0.6) is 0 Å². The Labute approximate surface area is 126 Å². The summed E-state index contributed by atoms with van der Waals surface area (Å²) in [5.74, 6) is 2.38. The molecule has 2 heteroatoms. The van der Waals surface area contributed by atoms with Crippen LogP contribution < -0.4 is 5.73 Å². The third kappa shape index (κ3) is 3.98. The molecule has 20 heavy (non-hydrogen) atoms. The van der Waals surface area contributed by atoms with E-state index >= 15 is 0 Å². The quantitative estimate of drug-likeness (QED) is 0.823. The summed E-state index contributed by atoms with van der Waals surface area (Å²) in [4.78, 5) is 2.84. The molecule has 2 N–H and O–H groups in total. The lowest BCUT2D eigenvalue weighted by atomic mass is 9.75. The molecule has 118 valence electrons. The lowest BCUT2D eigenvalue weighted by Gasteiger charge is -2.47. The fourth-order valence-electron chi connectivity index (χ4n) is 4.69. The van der Waals surface area contributed by atoms with Gasteiger partial charge in [-0.05, 0) is 56.4 Å². The second-order valence-electron chi connectivity index (χ2n) is 8.07. The molecule has 4 atom stereocenters. The van der Waals surface area contributed by atoms with Crippen LogP contribution in [0.25, 0.3) is 0 Å². The fraction of sp³-hybridized carbons (Fsp3) is 1.00. The highest BCUT2D eigenvalue weighted by molar-refractivity contribution is 4.95. The van der Waals surface area contributed by atoms with Crippen molar-refractivity contribution in [3.63, 3.8) is 0 Å².